The zero-order chi connectivity index (χ0) is 22.7. The van der Waals surface area contributed by atoms with Gasteiger partial charge in [0.05, 0.1) is 24.8 Å². The zero-order valence-electron chi connectivity index (χ0n) is 19.3. The maximum Gasteiger partial charge on any atom is 0.149 e. The normalized spacial score (nSPS) is 12.2. The number of aryl methyl sites for hydroxylation is 1. The summed E-state index contributed by atoms with van der Waals surface area (Å²) < 4.78 is 8.75. The number of hydrogen-bond acceptors (Lipinski definition) is 3. The molecule has 3 heterocycles. The third kappa shape index (κ3) is 3.11. The van der Waals surface area contributed by atoms with Gasteiger partial charge in [0, 0.05) is 22.7 Å². The van der Waals surface area contributed by atoms with Gasteiger partial charge in [-0.2, -0.15) is 0 Å². The SMILES string of the molecule is Cc1nccc2c1nc(-c1cccc3c1oc1cc([Si](C)(C)C)ccc13)n2-c1ccccc1. The molecule has 0 atom stereocenters. The Kier molecular flexibility index (Phi) is 4.32. The molecule has 5 heteroatoms. The molecule has 0 N–H and O–H groups in total. The van der Waals surface area contributed by atoms with Gasteiger partial charge in [-0.25, -0.2) is 4.98 Å². The number of nitrogens with zero attached hydrogens (tertiary/aromatic N) is 3. The predicted molar refractivity (Wildman–Crippen MR) is 139 cm³/mol. The second-order valence-corrected chi connectivity index (χ2v) is 14.7. The van der Waals surface area contributed by atoms with E-state index in [9.17, 15) is 0 Å². The first-order chi connectivity index (χ1) is 15.9. The van der Waals surface area contributed by atoms with Gasteiger partial charge in [-0.15, -0.1) is 0 Å². The smallest absolute Gasteiger partial charge is 0.149 e. The highest BCUT2D eigenvalue weighted by molar-refractivity contribution is 6.88. The van der Waals surface area contributed by atoms with Crippen LogP contribution in [0.2, 0.25) is 19.6 Å². The minimum Gasteiger partial charge on any atom is -0.455 e. The van der Waals surface area contributed by atoms with Crippen molar-refractivity contribution >= 4 is 46.2 Å². The van der Waals surface area contributed by atoms with Crippen molar-refractivity contribution in [1.29, 1.82) is 0 Å². The van der Waals surface area contributed by atoms with E-state index in [1.807, 2.05) is 25.3 Å². The summed E-state index contributed by atoms with van der Waals surface area (Å²) in [5, 5.41) is 3.66. The Morgan fingerprint density at radius 1 is 0.848 bits per heavy atom. The molecular weight excluding hydrogens is 422 g/mol. The largest absolute Gasteiger partial charge is 0.455 e. The number of aromatic nitrogens is 3. The number of rotatable bonds is 3. The maximum absolute atomic E-state index is 6.54. The first kappa shape index (κ1) is 19.9. The minimum absolute atomic E-state index is 0.863. The number of hydrogen-bond donors (Lipinski definition) is 0. The van der Waals surface area contributed by atoms with E-state index in [-0.39, 0.29) is 0 Å². The van der Waals surface area contributed by atoms with Crippen LogP contribution >= 0.6 is 0 Å². The second kappa shape index (κ2) is 7.15. The molecule has 0 aliphatic rings. The van der Waals surface area contributed by atoms with Gasteiger partial charge in [-0.1, -0.05) is 67.3 Å². The molecule has 162 valence electrons. The Labute approximate surface area is 193 Å². The molecule has 0 spiro atoms. The Bertz CT molecular complexity index is 1660. The van der Waals surface area contributed by atoms with Crippen molar-refractivity contribution in [2.75, 3.05) is 0 Å². The second-order valence-electron chi connectivity index (χ2n) is 9.62. The van der Waals surface area contributed by atoms with Crippen molar-refractivity contribution in [2.45, 2.75) is 26.6 Å². The molecule has 3 aromatic carbocycles. The van der Waals surface area contributed by atoms with Gasteiger partial charge in [0.1, 0.15) is 22.5 Å². The number of furan rings is 1. The van der Waals surface area contributed by atoms with Crippen molar-refractivity contribution in [2.24, 2.45) is 0 Å². The first-order valence-corrected chi connectivity index (χ1v) is 14.8. The number of fused-ring (bicyclic) bond motifs is 4. The van der Waals surface area contributed by atoms with E-state index in [0.717, 1.165) is 55.7 Å². The van der Waals surface area contributed by atoms with Crippen LogP contribution in [0, 0.1) is 6.92 Å². The molecule has 0 saturated heterocycles. The van der Waals surface area contributed by atoms with Gasteiger partial charge in [0.2, 0.25) is 0 Å². The molecule has 33 heavy (non-hydrogen) atoms. The molecule has 0 aliphatic heterocycles. The van der Waals surface area contributed by atoms with Gasteiger partial charge < -0.3 is 4.42 Å². The van der Waals surface area contributed by atoms with E-state index in [1.54, 1.807) is 0 Å². The summed E-state index contributed by atoms with van der Waals surface area (Å²) in [6.07, 6.45) is 1.85. The molecule has 0 unspecified atom stereocenters. The summed E-state index contributed by atoms with van der Waals surface area (Å²) >= 11 is 0. The maximum atomic E-state index is 6.54. The molecule has 0 aliphatic carbocycles. The monoisotopic (exact) mass is 447 g/mol. The molecule has 0 radical (unpaired) electrons. The van der Waals surface area contributed by atoms with Gasteiger partial charge >= 0.3 is 0 Å². The summed E-state index contributed by atoms with van der Waals surface area (Å²) in [5.74, 6) is 0.863. The molecular formula is C28H25N3OSi. The highest BCUT2D eigenvalue weighted by atomic mass is 28.3. The minimum atomic E-state index is -1.44. The quantitative estimate of drug-likeness (QED) is 0.279. The molecule has 3 aromatic heterocycles. The van der Waals surface area contributed by atoms with Crippen molar-refractivity contribution < 1.29 is 4.42 Å². The lowest BCUT2D eigenvalue weighted by Crippen LogP contribution is -2.37. The van der Waals surface area contributed by atoms with Crippen LogP contribution in [0.15, 0.2) is 83.4 Å². The summed E-state index contributed by atoms with van der Waals surface area (Å²) in [5.41, 5.74) is 6.73. The molecule has 0 saturated carbocycles. The fraction of sp³-hybridized carbons (Fsp3) is 0.143. The Morgan fingerprint density at radius 3 is 2.45 bits per heavy atom. The van der Waals surface area contributed by atoms with Gasteiger partial charge in [0.25, 0.3) is 0 Å². The zero-order valence-corrected chi connectivity index (χ0v) is 20.3. The van der Waals surface area contributed by atoms with Crippen molar-refractivity contribution in [3.05, 3.63) is 84.7 Å². The molecule has 6 rings (SSSR count). The van der Waals surface area contributed by atoms with Crippen LogP contribution in [0.25, 0.3) is 50.0 Å². The van der Waals surface area contributed by atoms with Crippen LogP contribution in [-0.4, -0.2) is 22.6 Å². The Balaban J connectivity index is 1.69. The number of para-hydroxylation sites is 2. The number of pyridine rings is 1. The van der Waals surface area contributed by atoms with Crippen LogP contribution < -0.4 is 5.19 Å². The van der Waals surface area contributed by atoms with Crippen molar-refractivity contribution in [1.82, 2.24) is 14.5 Å². The standard InChI is InChI=1S/C28H25N3OSi/c1-18-26-24(15-16-29-18)31(19-9-6-5-7-10-19)28(30-26)23-12-8-11-22-21-14-13-20(33(2,3)4)17-25(21)32-27(22)23/h5-17H,1-4H3. The topological polar surface area (TPSA) is 43.9 Å². The van der Waals surface area contributed by atoms with Crippen molar-refractivity contribution in [3.63, 3.8) is 0 Å². The van der Waals surface area contributed by atoms with Crippen LogP contribution in [0.5, 0.6) is 0 Å². The average Bonchev–Trinajstić information content (AvgIpc) is 3.38. The number of imidazole rings is 1. The van der Waals surface area contributed by atoms with Crippen molar-refractivity contribution in [3.8, 4) is 17.1 Å². The van der Waals surface area contributed by atoms with Crippen LogP contribution in [0.1, 0.15) is 5.69 Å². The lowest BCUT2D eigenvalue weighted by molar-refractivity contribution is 0.669. The van der Waals surface area contributed by atoms with E-state index in [2.05, 4.69) is 89.9 Å². The van der Waals surface area contributed by atoms with E-state index >= 15 is 0 Å². The fourth-order valence-corrected chi connectivity index (χ4v) is 5.74. The highest BCUT2D eigenvalue weighted by Gasteiger charge is 2.22. The molecule has 0 amide bonds. The van der Waals surface area contributed by atoms with Crippen LogP contribution in [-0.2, 0) is 0 Å². The highest BCUT2D eigenvalue weighted by Crippen LogP contribution is 2.37. The average molecular weight is 448 g/mol. The number of benzene rings is 3. The predicted octanol–water partition coefficient (Wildman–Crippen LogP) is 6.84. The molecule has 4 nitrogen and oxygen atoms in total. The van der Waals surface area contributed by atoms with E-state index in [0.29, 0.717) is 0 Å². The molecule has 0 bridgehead atoms. The summed E-state index contributed by atoms with van der Waals surface area (Å²) in [7, 11) is -1.44. The Hall–Kier alpha value is -3.70. The van der Waals surface area contributed by atoms with Crippen LogP contribution in [0.3, 0.4) is 0 Å². The first-order valence-electron chi connectivity index (χ1n) is 11.3. The van der Waals surface area contributed by atoms with E-state index < -0.39 is 8.07 Å². The van der Waals surface area contributed by atoms with E-state index in [1.165, 1.54) is 5.19 Å². The third-order valence-electron chi connectivity index (χ3n) is 6.38. The Morgan fingerprint density at radius 2 is 1.67 bits per heavy atom. The summed E-state index contributed by atoms with van der Waals surface area (Å²) in [4.78, 5) is 9.57. The van der Waals surface area contributed by atoms with Crippen LogP contribution in [0.4, 0.5) is 0 Å². The lowest BCUT2D eigenvalue weighted by Gasteiger charge is -2.15. The van der Waals surface area contributed by atoms with Gasteiger partial charge in [-0.05, 0) is 37.3 Å². The molecule has 0 fully saturated rings. The summed E-state index contributed by atoms with van der Waals surface area (Å²) in [6.45, 7) is 9.09. The third-order valence-corrected chi connectivity index (χ3v) is 8.42. The van der Waals surface area contributed by atoms with E-state index in [4.69, 9.17) is 9.40 Å². The van der Waals surface area contributed by atoms with Gasteiger partial charge in [0.15, 0.2) is 0 Å². The summed E-state index contributed by atoms with van der Waals surface area (Å²) in [6, 6.07) is 25.5. The lowest BCUT2D eigenvalue weighted by atomic mass is 10.1. The molecule has 6 aromatic rings. The van der Waals surface area contributed by atoms with Gasteiger partial charge in [-0.3, -0.25) is 9.55 Å². The fourth-order valence-electron chi connectivity index (χ4n) is 4.59.